The predicted molar refractivity (Wildman–Crippen MR) is 66.8 cm³/mol. The molecule has 0 saturated carbocycles. The maximum absolute atomic E-state index is 13.8. The van der Waals surface area contributed by atoms with Crippen LogP contribution < -0.4 is 4.74 Å². The highest BCUT2D eigenvalue weighted by atomic mass is 19.4. The van der Waals surface area contributed by atoms with Gasteiger partial charge in [-0.15, -0.1) is 0 Å². The van der Waals surface area contributed by atoms with Crippen LogP contribution in [0.3, 0.4) is 0 Å². The second-order valence-corrected chi connectivity index (χ2v) is 4.05. The van der Waals surface area contributed by atoms with Crippen molar-refractivity contribution in [3.63, 3.8) is 0 Å². The van der Waals surface area contributed by atoms with Gasteiger partial charge in [0.25, 0.3) is 0 Å². The summed E-state index contributed by atoms with van der Waals surface area (Å²) in [6.45, 7) is 2.13. The van der Waals surface area contributed by atoms with Gasteiger partial charge in [0.1, 0.15) is 11.6 Å². The summed E-state index contributed by atoms with van der Waals surface area (Å²) in [6.07, 6.45) is -4.64. The SMILES string of the molecule is CCOc1cccc(-c2c(F)c[c]cc2C(F)(F)F)c1. The van der Waals surface area contributed by atoms with E-state index in [4.69, 9.17) is 4.74 Å². The molecule has 0 fully saturated rings. The maximum atomic E-state index is 13.8. The topological polar surface area (TPSA) is 9.23 Å². The Morgan fingerprint density at radius 3 is 2.60 bits per heavy atom. The van der Waals surface area contributed by atoms with Crippen molar-refractivity contribution < 1.29 is 22.3 Å². The lowest BCUT2D eigenvalue weighted by Gasteiger charge is -2.14. The Morgan fingerprint density at radius 1 is 1.20 bits per heavy atom. The van der Waals surface area contributed by atoms with Crippen molar-refractivity contribution >= 4 is 0 Å². The molecule has 2 rings (SSSR count). The van der Waals surface area contributed by atoms with Gasteiger partial charge in [0.15, 0.2) is 0 Å². The van der Waals surface area contributed by atoms with E-state index in [1.54, 1.807) is 13.0 Å². The van der Waals surface area contributed by atoms with E-state index in [-0.39, 0.29) is 5.56 Å². The Morgan fingerprint density at radius 2 is 1.95 bits per heavy atom. The molecule has 0 amide bonds. The fraction of sp³-hybridized carbons (Fsp3) is 0.200. The van der Waals surface area contributed by atoms with E-state index in [9.17, 15) is 17.6 Å². The Labute approximate surface area is 113 Å². The Hall–Kier alpha value is -2.04. The van der Waals surface area contributed by atoms with Crippen LogP contribution in [0.2, 0.25) is 0 Å². The largest absolute Gasteiger partial charge is 0.494 e. The minimum Gasteiger partial charge on any atom is -0.494 e. The van der Waals surface area contributed by atoms with Crippen LogP contribution in [0.25, 0.3) is 11.1 Å². The minimum atomic E-state index is -4.64. The van der Waals surface area contributed by atoms with Gasteiger partial charge in [-0.2, -0.15) is 13.2 Å². The summed E-state index contributed by atoms with van der Waals surface area (Å²) < 4.78 is 57.9. The number of alkyl halides is 3. The maximum Gasteiger partial charge on any atom is 0.417 e. The van der Waals surface area contributed by atoms with Crippen molar-refractivity contribution in [1.82, 2.24) is 0 Å². The molecule has 0 heterocycles. The van der Waals surface area contributed by atoms with Crippen LogP contribution >= 0.6 is 0 Å². The second kappa shape index (κ2) is 5.53. The molecule has 0 unspecified atom stereocenters. The molecule has 0 spiro atoms. The third-order valence-electron chi connectivity index (χ3n) is 2.69. The van der Waals surface area contributed by atoms with Crippen LogP contribution in [-0.2, 0) is 6.18 Å². The van der Waals surface area contributed by atoms with E-state index in [1.165, 1.54) is 18.2 Å². The zero-order valence-corrected chi connectivity index (χ0v) is 10.6. The van der Waals surface area contributed by atoms with Gasteiger partial charge in [-0.05, 0) is 42.8 Å². The number of rotatable bonds is 3. The molecule has 0 aliphatic rings. The third-order valence-corrected chi connectivity index (χ3v) is 2.69. The summed E-state index contributed by atoms with van der Waals surface area (Å²) in [5.74, 6) is -0.571. The first kappa shape index (κ1) is 14.4. The van der Waals surface area contributed by atoms with Crippen LogP contribution in [0.5, 0.6) is 5.75 Å². The number of hydrogen-bond donors (Lipinski definition) is 0. The summed E-state index contributed by atoms with van der Waals surface area (Å²) in [5.41, 5.74) is -1.42. The van der Waals surface area contributed by atoms with Gasteiger partial charge in [-0.1, -0.05) is 12.1 Å². The fourth-order valence-corrected chi connectivity index (χ4v) is 1.90. The van der Waals surface area contributed by atoms with Crippen LogP contribution in [0.1, 0.15) is 12.5 Å². The van der Waals surface area contributed by atoms with E-state index < -0.39 is 23.1 Å². The molecular weight excluding hydrogens is 272 g/mol. The Kier molecular flexibility index (Phi) is 3.97. The summed E-state index contributed by atoms with van der Waals surface area (Å²) in [5, 5.41) is 0. The molecule has 0 atom stereocenters. The summed E-state index contributed by atoms with van der Waals surface area (Å²) in [7, 11) is 0. The average Bonchev–Trinajstić information content (AvgIpc) is 2.38. The molecule has 1 nitrogen and oxygen atoms in total. The monoisotopic (exact) mass is 283 g/mol. The van der Waals surface area contributed by atoms with Crippen LogP contribution in [-0.4, -0.2) is 6.61 Å². The first-order valence-electron chi connectivity index (χ1n) is 5.93. The summed E-state index contributed by atoms with van der Waals surface area (Å²) >= 11 is 0. The molecule has 1 radical (unpaired) electrons. The zero-order valence-electron chi connectivity index (χ0n) is 10.6. The van der Waals surface area contributed by atoms with Gasteiger partial charge < -0.3 is 4.74 Å². The lowest BCUT2D eigenvalue weighted by Crippen LogP contribution is -2.08. The molecule has 0 N–H and O–H groups in total. The van der Waals surface area contributed by atoms with Gasteiger partial charge in [0.05, 0.1) is 12.2 Å². The first-order valence-corrected chi connectivity index (χ1v) is 5.93. The van der Waals surface area contributed by atoms with Gasteiger partial charge in [-0.25, -0.2) is 4.39 Å². The number of benzene rings is 2. The minimum absolute atomic E-state index is 0.120. The quantitative estimate of drug-likeness (QED) is 0.741. The highest BCUT2D eigenvalue weighted by Crippen LogP contribution is 2.39. The average molecular weight is 283 g/mol. The molecule has 0 aliphatic heterocycles. The van der Waals surface area contributed by atoms with E-state index in [0.29, 0.717) is 12.4 Å². The van der Waals surface area contributed by atoms with Gasteiger partial charge in [-0.3, -0.25) is 0 Å². The zero-order chi connectivity index (χ0) is 14.8. The summed E-state index contributed by atoms with van der Waals surface area (Å²) in [6, 6.07) is 9.72. The van der Waals surface area contributed by atoms with E-state index >= 15 is 0 Å². The highest BCUT2D eigenvalue weighted by molar-refractivity contribution is 5.70. The number of halogens is 4. The molecule has 0 aromatic heterocycles. The van der Waals surface area contributed by atoms with Crippen LogP contribution in [0, 0.1) is 11.9 Å². The highest BCUT2D eigenvalue weighted by Gasteiger charge is 2.35. The molecule has 105 valence electrons. The standard InChI is InChI=1S/C15H11F4O/c1-2-20-11-6-3-5-10(9-11)14-12(15(17,18)19)7-4-8-13(14)16/h3,5-9H,2H2,1H3. The van der Waals surface area contributed by atoms with Crippen molar-refractivity contribution in [3.8, 4) is 16.9 Å². The van der Waals surface area contributed by atoms with Crippen molar-refractivity contribution in [2.75, 3.05) is 6.61 Å². The molecular formula is C15H11F4O. The number of ether oxygens (including phenoxy) is 1. The van der Waals surface area contributed by atoms with E-state index in [1.807, 2.05) is 0 Å². The predicted octanol–water partition coefficient (Wildman–Crippen LogP) is 4.71. The lowest BCUT2D eigenvalue weighted by atomic mass is 9.98. The third kappa shape index (κ3) is 2.92. The van der Waals surface area contributed by atoms with Crippen molar-refractivity contribution in [1.29, 1.82) is 0 Å². The molecule has 0 saturated heterocycles. The first-order chi connectivity index (χ1) is 9.43. The molecule has 20 heavy (non-hydrogen) atoms. The smallest absolute Gasteiger partial charge is 0.417 e. The fourth-order valence-electron chi connectivity index (χ4n) is 1.90. The second-order valence-electron chi connectivity index (χ2n) is 4.05. The molecule has 0 aliphatic carbocycles. The van der Waals surface area contributed by atoms with Gasteiger partial charge in [0, 0.05) is 5.56 Å². The lowest BCUT2D eigenvalue weighted by molar-refractivity contribution is -0.137. The van der Waals surface area contributed by atoms with Gasteiger partial charge in [0.2, 0.25) is 0 Å². The van der Waals surface area contributed by atoms with Crippen molar-refractivity contribution in [3.05, 3.63) is 53.8 Å². The van der Waals surface area contributed by atoms with Crippen molar-refractivity contribution in [2.24, 2.45) is 0 Å². The van der Waals surface area contributed by atoms with Crippen molar-refractivity contribution in [2.45, 2.75) is 13.1 Å². The summed E-state index contributed by atoms with van der Waals surface area (Å²) in [4.78, 5) is 0. The normalized spacial score (nSPS) is 11.4. The Balaban J connectivity index is 2.60. The Bertz CT molecular complexity index is 605. The molecule has 2 aromatic rings. The van der Waals surface area contributed by atoms with E-state index in [0.717, 1.165) is 12.1 Å². The molecule has 0 bridgehead atoms. The van der Waals surface area contributed by atoms with Crippen LogP contribution in [0.4, 0.5) is 17.6 Å². The number of hydrogen-bond acceptors (Lipinski definition) is 1. The molecule has 5 heteroatoms. The van der Waals surface area contributed by atoms with E-state index in [2.05, 4.69) is 6.07 Å². The van der Waals surface area contributed by atoms with Crippen LogP contribution in [0.15, 0.2) is 36.4 Å². The van der Waals surface area contributed by atoms with Gasteiger partial charge >= 0.3 is 6.18 Å². The molecule has 2 aromatic carbocycles.